The number of ether oxygens (including phenoxy) is 8. The molecule has 552 valence electrons. The first-order valence-electron chi connectivity index (χ1n) is 40.2. The van der Waals surface area contributed by atoms with Gasteiger partial charge in [0.15, 0.2) is 23.0 Å². The summed E-state index contributed by atoms with van der Waals surface area (Å²) in [6.45, 7) is 28.6. The molecule has 1 heterocycles. The van der Waals surface area contributed by atoms with Gasteiger partial charge in [-0.1, -0.05) is 328 Å². The smallest absolute Gasteiger partial charge is 0.311 e. The third kappa shape index (κ3) is 38.5. The van der Waals surface area contributed by atoms with E-state index in [1.807, 2.05) is 33.7 Å². The topological polar surface area (TPSA) is 90.9 Å². The zero-order valence-electron chi connectivity index (χ0n) is 63.9. The average molecular weight is 1380 g/mol. The number of esters is 1. The maximum absolute atomic E-state index is 13.6. The van der Waals surface area contributed by atoms with E-state index in [1.165, 1.54) is 166 Å². The van der Waals surface area contributed by atoms with Crippen LogP contribution in [0.25, 0.3) is 24.3 Å². The highest BCUT2D eigenvalue weighted by Gasteiger charge is 2.22. The van der Waals surface area contributed by atoms with E-state index < -0.39 is 0 Å². The van der Waals surface area contributed by atoms with Crippen LogP contribution in [0.4, 0.5) is 0 Å². The average Bonchev–Trinajstić information content (AvgIpc) is 0.963. The van der Waals surface area contributed by atoms with E-state index in [2.05, 4.69) is 125 Å². The lowest BCUT2D eigenvalue weighted by molar-refractivity contribution is -0.134. The molecule has 0 N–H and O–H groups in total. The summed E-state index contributed by atoms with van der Waals surface area (Å²) in [6.07, 6.45) is 55.2. The minimum Gasteiger partial charge on any atom is -0.493 e. The molecule has 0 aromatic heterocycles. The van der Waals surface area contributed by atoms with Crippen molar-refractivity contribution >= 4 is 51.9 Å². The lowest BCUT2D eigenvalue weighted by Gasteiger charge is -2.20. The molecule has 1 saturated heterocycles. The Balaban J connectivity index is 1.78. The van der Waals surface area contributed by atoms with Crippen LogP contribution in [0.15, 0.2) is 36.4 Å². The minimum absolute atomic E-state index is 0.247. The molecule has 0 bridgehead atoms. The lowest BCUT2D eigenvalue weighted by atomic mass is 10.0. The quantitative estimate of drug-likeness (QED) is 0.0178. The fourth-order valence-electron chi connectivity index (χ4n) is 11.6. The van der Waals surface area contributed by atoms with Crippen LogP contribution in [-0.4, -0.2) is 63.2 Å². The first-order valence-corrected chi connectivity index (χ1v) is 42.6. The highest BCUT2D eigenvalue weighted by atomic mass is 33.1. The molecule has 3 aromatic carbocycles. The number of unbranched alkanes of at least 4 members (excludes halogenated alkanes) is 28. The van der Waals surface area contributed by atoms with E-state index in [1.54, 1.807) is 0 Å². The van der Waals surface area contributed by atoms with Crippen LogP contribution in [-0.2, 0) is 4.79 Å². The van der Waals surface area contributed by atoms with Gasteiger partial charge in [-0.05, 0) is 98.1 Å². The van der Waals surface area contributed by atoms with Gasteiger partial charge in [0.1, 0.15) is 17.2 Å². The fraction of sp³-hybridized carbons (Fsp3) is 0.733. The Hall–Kier alpha value is -4.09. The van der Waals surface area contributed by atoms with E-state index >= 15 is 0 Å². The molecule has 3 aromatic rings. The Bertz CT molecular complexity index is 2470. The van der Waals surface area contributed by atoms with Crippen LogP contribution in [0.2, 0.25) is 0 Å². The van der Waals surface area contributed by atoms with Crippen molar-refractivity contribution in [2.24, 2.45) is 23.7 Å². The van der Waals surface area contributed by atoms with Crippen LogP contribution >= 0.6 is 21.6 Å². The maximum Gasteiger partial charge on any atom is 0.311 e. The highest BCUT2D eigenvalue weighted by molar-refractivity contribution is 8.77. The SMILES string of the molecule is CCCCCCCCCCCCOc1cc(/C=C/c2cc(OC[C@@H](C)CC)c(/C=C/c3cc(OC[C@@H](C)CC)c(OC(=O)CCCCC4CCSS4)cc3OC[C@@H](C)CC)cc2OC[C@@H](C)CC)cc(OCCCCCCCCCCCC)c1OCCCCCCCCCCCC. The predicted molar refractivity (Wildman–Crippen MR) is 422 cm³/mol. The van der Waals surface area contributed by atoms with Crippen LogP contribution in [0.1, 0.15) is 349 Å². The molecule has 4 rings (SSSR count). The standard InChI is InChI=1S/C86H142O9S2/c1-12-19-22-25-28-31-34-37-40-45-55-88-83-59-73(60-84(89-56-46-41-38-35-32-29-26-23-20-13-2)86(83)90-57-47-42-39-36-33-30-27-24-21-14-3)50-51-74-61-79(92-66-70(9)16-5)75(62-78(74)91-65-69(8)15-4)52-53-76-63-81(94-68-72(11)18-7)82(64-80(76)93-67-71(10)17-6)95-85(87)49-44-43-48-77-54-58-96-97-77/h50-53,59-64,69-72,77H,12-49,54-58,65-68H2,1-11H3/b51-50+,53-52+/t69-,70-,71-,72-,77?/m0/s1. The van der Waals surface area contributed by atoms with Gasteiger partial charge in [0.25, 0.3) is 0 Å². The number of hydrogen-bond donors (Lipinski definition) is 0. The molecule has 5 atom stereocenters. The van der Waals surface area contributed by atoms with Crippen molar-refractivity contribution in [3.05, 3.63) is 58.7 Å². The predicted octanol–water partition coefficient (Wildman–Crippen LogP) is 27.2. The number of carbonyl (C=O) groups excluding carboxylic acids is 1. The van der Waals surface area contributed by atoms with E-state index in [0.29, 0.717) is 98.8 Å². The molecular weight excluding hydrogens is 1240 g/mol. The van der Waals surface area contributed by atoms with Crippen molar-refractivity contribution in [2.75, 3.05) is 52.0 Å². The third-order valence-corrected chi connectivity index (χ3v) is 22.4. The van der Waals surface area contributed by atoms with Gasteiger partial charge in [0.2, 0.25) is 5.75 Å². The van der Waals surface area contributed by atoms with Gasteiger partial charge in [-0.15, -0.1) is 0 Å². The van der Waals surface area contributed by atoms with Crippen LogP contribution in [0.3, 0.4) is 0 Å². The fourth-order valence-corrected chi connectivity index (χ4v) is 14.6. The Kier molecular flexibility index (Phi) is 48.9. The summed E-state index contributed by atoms with van der Waals surface area (Å²) in [5.41, 5.74) is 3.60. The summed E-state index contributed by atoms with van der Waals surface area (Å²) < 4.78 is 53.8. The van der Waals surface area contributed by atoms with E-state index in [-0.39, 0.29) is 5.97 Å². The molecule has 1 aliphatic heterocycles. The second-order valence-electron chi connectivity index (χ2n) is 28.7. The summed E-state index contributed by atoms with van der Waals surface area (Å²) in [7, 11) is 3.96. The van der Waals surface area contributed by atoms with Crippen molar-refractivity contribution in [3.63, 3.8) is 0 Å². The third-order valence-electron chi connectivity index (χ3n) is 19.4. The van der Waals surface area contributed by atoms with Gasteiger partial charge in [-0.25, -0.2) is 0 Å². The summed E-state index contributed by atoms with van der Waals surface area (Å²) >= 11 is 0. The Labute approximate surface area is 603 Å². The zero-order valence-corrected chi connectivity index (χ0v) is 65.5. The molecule has 1 unspecified atom stereocenters. The molecule has 0 saturated carbocycles. The summed E-state index contributed by atoms with van der Waals surface area (Å²) in [6, 6.07) is 12.5. The normalized spacial score (nSPS) is 14.5. The van der Waals surface area contributed by atoms with Gasteiger partial charge < -0.3 is 37.9 Å². The van der Waals surface area contributed by atoms with E-state index in [9.17, 15) is 4.79 Å². The molecular formula is C86H142O9S2. The molecule has 1 fully saturated rings. The lowest BCUT2D eigenvalue weighted by Crippen LogP contribution is -2.13. The molecule has 1 aliphatic rings. The van der Waals surface area contributed by atoms with Gasteiger partial charge >= 0.3 is 5.97 Å². The summed E-state index contributed by atoms with van der Waals surface area (Å²) in [5.74, 6) is 7.62. The highest BCUT2D eigenvalue weighted by Crippen LogP contribution is 2.43. The molecule has 0 amide bonds. The summed E-state index contributed by atoms with van der Waals surface area (Å²) in [4.78, 5) is 13.6. The second-order valence-corrected chi connectivity index (χ2v) is 31.5. The largest absolute Gasteiger partial charge is 0.493 e. The van der Waals surface area contributed by atoms with Crippen molar-refractivity contribution < 1.29 is 42.7 Å². The van der Waals surface area contributed by atoms with Crippen molar-refractivity contribution in [3.8, 4) is 46.0 Å². The molecule has 0 radical (unpaired) electrons. The molecule has 97 heavy (non-hydrogen) atoms. The van der Waals surface area contributed by atoms with Crippen LogP contribution in [0, 0.1) is 23.7 Å². The van der Waals surface area contributed by atoms with E-state index in [4.69, 9.17) is 37.9 Å². The van der Waals surface area contributed by atoms with Crippen LogP contribution < -0.4 is 37.9 Å². The van der Waals surface area contributed by atoms with Crippen molar-refractivity contribution in [2.45, 2.75) is 332 Å². The first-order chi connectivity index (χ1) is 47.4. The maximum atomic E-state index is 13.6. The number of hydrogen-bond acceptors (Lipinski definition) is 11. The Morgan fingerprint density at radius 2 is 0.732 bits per heavy atom. The number of benzene rings is 3. The number of rotatable bonds is 62. The van der Waals surface area contributed by atoms with Gasteiger partial charge in [-0.2, -0.15) is 0 Å². The van der Waals surface area contributed by atoms with Crippen LogP contribution in [0.5, 0.6) is 46.0 Å². The molecule has 9 nitrogen and oxygen atoms in total. The minimum atomic E-state index is -0.247. The summed E-state index contributed by atoms with van der Waals surface area (Å²) in [5, 5.41) is 0.684. The van der Waals surface area contributed by atoms with Crippen molar-refractivity contribution in [1.29, 1.82) is 0 Å². The van der Waals surface area contributed by atoms with Gasteiger partial charge in [-0.3, -0.25) is 4.79 Å². The Morgan fingerprint density at radius 1 is 0.381 bits per heavy atom. The van der Waals surface area contributed by atoms with Crippen molar-refractivity contribution in [1.82, 2.24) is 0 Å². The molecule has 0 spiro atoms. The molecule has 11 heteroatoms. The van der Waals surface area contributed by atoms with Gasteiger partial charge in [0.05, 0.1) is 46.2 Å². The van der Waals surface area contributed by atoms with E-state index in [0.717, 1.165) is 134 Å². The monoisotopic (exact) mass is 1380 g/mol. The zero-order chi connectivity index (χ0) is 69.8. The first kappa shape index (κ1) is 85.3. The molecule has 0 aliphatic carbocycles. The second kappa shape index (κ2) is 55.6. The Morgan fingerprint density at radius 3 is 1.11 bits per heavy atom. The number of carbonyl (C=O) groups is 1. The van der Waals surface area contributed by atoms with Gasteiger partial charge in [0, 0.05) is 40.2 Å².